The van der Waals surface area contributed by atoms with Crippen LogP contribution < -0.4 is 5.32 Å². The van der Waals surface area contributed by atoms with Crippen molar-refractivity contribution in [2.75, 3.05) is 12.3 Å². The Balaban J connectivity index is 1.97. The Morgan fingerprint density at radius 3 is 2.76 bits per heavy atom. The molecule has 2 nitrogen and oxygen atoms in total. The van der Waals surface area contributed by atoms with Crippen LogP contribution in [0.2, 0.25) is 0 Å². The van der Waals surface area contributed by atoms with Gasteiger partial charge in [0.05, 0.1) is 5.69 Å². The molecule has 0 atom stereocenters. The molecule has 3 heteroatoms. The minimum atomic E-state index is 1.06. The van der Waals surface area contributed by atoms with Crippen LogP contribution in [0.5, 0.6) is 0 Å². The summed E-state index contributed by atoms with van der Waals surface area (Å²) in [6.45, 7) is 3.28. The van der Waals surface area contributed by atoms with Crippen LogP contribution in [0.25, 0.3) is 0 Å². The highest BCUT2D eigenvalue weighted by atomic mass is 32.2. The molecule has 0 aromatic heterocycles. The summed E-state index contributed by atoms with van der Waals surface area (Å²) in [6.07, 6.45) is 4.94. The molecule has 0 spiro atoms. The first-order chi connectivity index (χ1) is 8.38. The average Bonchev–Trinajstić information content (AvgIpc) is 2.39. The summed E-state index contributed by atoms with van der Waals surface area (Å²) >= 11 is 1.82. The summed E-state index contributed by atoms with van der Waals surface area (Å²) in [6, 6.07) is 8.63. The molecule has 0 saturated carbocycles. The highest BCUT2D eigenvalue weighted by molar-refractivity contribution is 8.13. The summed E-state index contributed by atoms with van der Waals surface area (Å²) in [5.74, 6) is 1.18. The third-order valence-corrected chi connectivity index (χ3v) is 3.82. The number of hydrogen-bond acceptors (Lipinski definition) is 2. The third-order valence-electron chi connectivity index (χ3n) is 2.82. The smallest absolute Gasteiger partial charge is 0.161 e. The molecule has 1 aliphatic heterocycles. The Morgan fingerprint density at radius 1 is 1.29 bits per heavy atom. The molecular weight excluding hydrogens is 228 g/mol. The number of benzene rings is 1. The van der Waals surface area contributed by atoms with E-state index in [0.717, 1.165) is 17.4 Å². The maximum atomic E-state index is 4.61. The van der Waals surface area contributed by atoms with Crippen molar-refractivity contribution in [1.82, 2.24) is 5.32 Å². The number of aryl methyl sites for hydroxylation is 1. The number of hydrogen-bond donors (Lipinski definition) is 1. The van der Waals surface area contributed by atoms with Crippen molar-refractivity contribution in [2.45, 2.75) is 32.6 Å². The van der Waals surface area contributed by atoms with Gasteiger partial charge in [-0.3, -0.25) is 0 Å². The van der Waals surface area contributed by atoms with E-state index in [9.17, 15) is 0 Å². The van der Waals surface area contributed by atoms with Gasteiger partial charge in [0.2, 0.25) is 0 Å². The van der Waals surface area contributed by atoms with Crippen molar-refractivity contribution in [1.29, 1.82) is 0 Å². The summed E-state index contributed by atoms with van der Waals surface area (Å²) in [7, 11) is 0. The van der Waals surface area contributed by atoms with Crippen molar-refractivity contribution in [3.63, 3.8) is 0 Å². The van der Waals surface area contributed by atoms with E-state index >= 15 is 0 Å². The predicted octanol–water partition coefficient (Wildman–Crippen LogP) is 3.74. The Labute approximate surface area is 108 Å². The molecule has 0 radical (unpaired) electrons. The van der Waals surface area contributed by atoms with Crippen LogP contribution in [0.3, 0.4) is 0 Å². The largest absolute Gasteiger partial charge is 0.365 e. The minimum Gasteiger partial charge on any atom is -0.365 e. The predicted molar refractivity (Wildman–Crippen MR) is 77.2 cm³/mol. The molecule has 1 aromatic rings. The second-order valence-electron chi connectivity index (χ2n) is 4.32. The Kier molecular flexibility index (Phi) is 4.92. The molecule has 0 aliphatic carbocycles. The van der Waals surface area contributed by atoms with Gasteiger partial charge in [0.25, 0.3) is 0 Å². The fraction of sp³-hybridized carbons (Fsp3) is 0.500. The SMILES string of the molecule is CCCCc1ccc(/N=C2/NCCCS2)cc1. The van der Waals surface area contributed by atoms with Crippen molar-refractivity contribution in [3.05, 3.63) is 29.8 Å². The average molecular weight is 248 g/mol. The Hall–Kier alpha value is -0.960. The van der Waals surface area contributed by atoms with E-state index in [1.54, 1.807) is 0 Å². The van der Waals surface area contributed by atoms with Crippen molar-refractivity contribution in [2.24, 2.45) is 4.99 Å². The van der Waals surface area contributed by atoms with Gasteiger partial charge in [-0.2, -0.15) is 0 Å². The third kappa shape index (κ3) is 4.08. The number of thioether (sulfide) groups is 1. The molecule has 1 aliphatic rings. The van der Waals surface area contributed by atoms with Crippen LogP contribution in [0.15, 0.2) is 29.3 Å². The van der Waals surface area contributed by atoms with E-state index in [0.29, 0.717) is 0 Å². The van der Waals surface area contributed by atoms with Gasteiger partial charge in [-0.15, -0.1) is 0 Å². The quantitative estimate of drug-likeness (QED) is 0.877. The number of rotatable bonds is 4. The molecule has 17 heavy (non-hydrogen) atoms. The van der Waals surface area contributed by atoms with Gasteiger partial charge >= 0.3 is 0 Å². The van der Waals surface area contributed by atoms with E-state index in [1.807, 2.05) is 11.8 Å². The van der Waals surface area contributed by atoms with Crippen LogP contribution in [0.4, 0.5) is 5.69 Å². The van der Waals surface area contributed by atoms with Gasteiger partial charge in [-0.25, -0.2) is 4.99 Å². The molecule has 1 aromatic carbocycles. The van der Waals surface area contributed by atoms with Gasteiger partial charge in [0.1, 0.15) is 0 Å². The fourth-order valence-electron chi connectivity index (χ4n) is 1.79. The molecule has 1 heterocycles. The van der Waals surface area contributed by atoms with Gasteiger partial charge in [0.15, 0.2) is 5.17 Å². The maximum Gasteiger partial charge on any atom is 0.161 e. The molecule has 0 unspecified atom stereocenters. The number of amidine groups is 1. The van der Waals surface area contributed by atoms with Gasteiger partial charge < -0.3 is 5.32 Å². The lowest BCUT2D eigenvalue weighted by Crippen LogP contribution is -2.26. The van der Waals surface area contributed by atoms with E-state index in [4.69, 9.17) is 0 Å². The van der Waals surface area contributed by atoms with E-state index in [2.05, 4.69) is 41.5 Å². The Morgan fingerprint density at radius 2 is 2.12 bits per heavy atom. The number of nitrogens with one attached hydrogen (secondary N) is 1. The highest BCUT2D eigenvalue weighted by Crippen LogP contribution is 2.18. The van der Waals surface area contributed by atoms with Gasteiger partial charge in [-0.05, 0) is 37.0 Å². The zero-order valence-corrected chi connectivity index (χ0v) is 11.2. The van der Waals surface area contributed by atoms with Gasteiger partial charge in [0, 0.05) is 12.3 Å². The lowest BCUT2D eigenvalue weighted by atomic mass is 10.1. The van der Waals surface area contributed by atoms with Crippen molar-refractivity contribution < 1.29 is 0 Å². The number of aliphatic imine (C=N–C) groups is 1. The number of unbranched alkanes of at least 4 members (excludes halogenated alkanes) is 1. The molecule has 0 amide bonds. The van der Waals surface area contributed by atoms with Crippen LogP contribution in [0.1, 0.15) is 31.7 Å². The summed E-state index contributed by atoms with van der Waals surface area (Å²) in [4.78, 5) is 4.61. The molecule has 1 saturated heterocycles. The van der Waals surface area contributed by atoms with Crippen molar-refractivity contribution in [3.8, 4) is 0 Å². The molecule has 1 fully saturated rings. The van der Waals surface area contributed by atoms with E-state index in [1.165, 1.54) is 37.0 Å². The van der Waals surface area contributed by atoms with Crippen LogP contribution >= 0.6 is 11.8 Å². The van der Waals surface area contributed by atoms with Crippen molar-refractivity contribution >= 4 is 22.6 Å². The molecule has 2 rings (SSSR count). The number of nitrogens with zero attached hydrogens (tertiary/aromatic N) is 1. The topological polar surface area (TPSA) is 24.4 Å². The Bertz CT molecular complexity index is 362. The second-order valence-corrected chi connectivity index (χ2v) is 5.40. The first-order valence-electron chi connectivity index (χ1n) is 6.43. The lowest BCUT2D eigenvalue weighted by Gasteiger charge is -2.14. The lowest BCUT2D eigenvalue weighted by molar-refractivity contribution is 0.795. The van der Waals surface area contributed by atoms with E-state index in [-0.39, 0.29) is 0 Å². The maximum absolute atomic E-state index is 4.61. The highest BCUT2D eigenvalue weighted by Gasteiger charge is 2.05. The molecule has 1 N–H and O–H groups in total. The first-order valence-corrected chi connectivity index (χ1v) is 7.41. The molecule has 92 valence electrons. The van der Waals surface area contributed by atoms with Crippen LogP contribution in [0, 0.1) is 0 Å². The minimum absolute atomic E-state index is 1.06. The summed E-state index contributed by atoms with van der Waals surface area (Å²) in [5, 5.41) is 4.40. The summed E-state index contributed by atoms with van der Waals surface area (Å²) in [5.41, 5.74) is 2.47. The van der Waals surface area contributed by atoms with Gasteiger partial charge in [-0.1, -0.05) is 37.2 Å². The molecular formula is C14H20N2S. The molecule has 0 bridgehead atoms. The van der Waals surface area contributed by atoms with Crippen LogP contribution in [-0.2, 0) is 6.42 Å². The fourth-order valence-corrected chi connectivity index (χ4v) is 2.65. The zero-order chi connectivity index (χ0) is 11.9. The standard InChI is InChI=1S/C14H20N2S/c1-2-3-5-12-6-8-13(9-7-12)16-14-15-10-4-11-17-14/h6-9H,2-5,10-11H2,1H3,(H,15,16). The van der Waals surface area contributed by atoms with Crippen LogP contribution in [-0.4, -0.2) is 17.5 Å². The first kappa shape index (κ1) is 12.5. The summed E-state index contributed by atoms with van der Waals surface area (Å²) < 4.78 is 0. The second kappa shape index (κ2) is 6.70. The monoisotopic (exact) mass is 248 g/mol. The zero-order valence-electron chi connectivity index (χ0n) is 10.4. The van der Waals surface area contributed by atoms with E-state index < -0.39 is 0 Å². The normalized spacial score (nSPS) is 18.1.